The van der Waals surface area contributed by atoms with E-state index in [0.717, 1.165) is 19.3 Å². The van der Waals surface area contributed by atoms with E-state index >= 15 is 0 Å². The zero-order chi connectivity index (χ0) is 16.7. The van der Waals surface area contributed by atoms with Crippen LogP contribution in [-0.4, -0.2) is 18.1 Å². The topological polar surface area (TPSA) is 74.6 Å². The number of benzene rings is 1. The maximum absolute atomic E-state index is 11.9. The summed E-state index contributed by atoms with van der Waals surface area (Å²) in [5.41, 5.74) is 0.892. The summed E-state index contributed by atoms with van der Waals surface area (Å²) in [4.78, 5) is -0.0998. The van der Waals surface area contributed by atoms with Crippen molar-refractivity contribution in [2.75, 3.05) is 0 Å². The highest BCUT2D eigenvalue weighted by molar-refractivity contribution is 7.86. The molecule has 5 heteroatoms. The molecule has 0 amide bonds. The molecule has 3 atom stereocenters. The van der Waals surface area contributed by atoms with Crippen molar-refractivity contribution in [2.45, 2.75) is 57.8 Å². The number of aryl methyl sites for hydroxylation is 1. The van der Waals surface area contributed by atoms with E-state index in [-0.39, 0.29) is 16.6 Å². The minimum Gasteiger partial charge on any atom is -0.508 e. The lowest BCUT2D eigenvalue weighted by molar-refractivity contribution is 0.192. The Morgan fingerprint density at radius 2 is 1.86 bits per heavy atom. The van der Waals surface area contributed by atoms with Gasteiger partial charge in [-0.1, -0.05) is 33.3 Å². The fraction of sp³-hybridized carbons (Fsp3) is 0.647. The first-order chi connectivity index (χ1) is 10.1. The molecule has 0 aliphatic heterocycles. The number of hydrogen-bond donors (Lipinski definition) is 2. The third-order valence-electron chi connectivity index (χ3n) is 5.02. The van der Waals surface area contributed by atoms with Crippen LogP contribution < -0.4 is 0 Å². The second kappa shape index (κ2) is 6.20. The van der Waals surface area contributed by atoms with Gasteiger partial charge in [-0.2, -0.15) is 8.42 Å². The van der Waals surface area contributed by atoms with Crippen LogP contribution in [0.4, 0.5) is 0 Å². The Labute approximate surface area is 133 Å². The molecule has 1 saturated carbocycles. The first kappa shape index (κ1) is 17.3. The Kier molecular flexibility index (Phi) is 4.87. The molecular weight excluding hydrogens is 300 g/mol. The molecular formula is C17H26O4S. The van der Waals surface area contributed by atoms with Crippen molar-refractivity contribution in [2.24, 2.45) is 17.8 Å². The molecule has 1 aromatic rings. The van der Waals surface area contributed by atoms with Gasteiger partial charge in [-0.15, -0.1) is 0 Å². The van der Waals surface area contributed by atoms with E-state index in [1.165, 1.54) is 6.07 Å². The van der Waals surface area contributed by atoms with Crippen molar-refractivity contribution in [3.05, 3.63) is 23.3 Å². The summed E-state index contributed by atoms with van der Waals surface area (Å²) in [6.45, 7) is 8.08. The first-order valence-electron chi connectivity index (χ1n) is 7.92. The van der Waals surface area contributed by atoms with Crippen LogP contribution in [0.1, 0.15) is 57.1 Å². The molecule has 0 radical (unpaired) electrons. The SMILES string of the molecule is Cc1ccc(O)c(C2CC(C)CCC2C(C)C)c1S(=O)(=O)O. The first-order valence-corrected chi connectivity index (χ1v) is 9.36. The summed E-state index contributed by atoms with van der Waals surface area (Å²) in [6.07, 6.45) is 2.97. The summed E-state index contributed by atoms with van der Waals surface area (Å²) >= 11 is 0. The Balaban J connectivity index is 2.66. The summed E-state index contributed by atoms with van der Waals surface area (Å²) in [7, 11) is -4.36. The van der Waals surface area contributed by atoms with Gasteiger partial charge in [0.25, 0.3) is 10.1 Å². The number of phenolic OH excluding ortho intramolecular Hbond substituents is 1. The molecule has 2 N–H and O–H groups in total. The quantitative estimate of drug-likeness (QED) is 0.819. The number of rotatable bonds is 3. The van der Waals surface area contributed by atoms with E-state index in [2.05, 4.69) is 20.8 Å². The largest absolute Gasteiger partial charge is 0.508 e. The highest BCUT2D eigenvalue weighted by Crippen LogP contribution is 2.48. The van der Waals surface area contributed by atoms with E-state index in [9.17, 15) is 18.1 Å². The summed E-state index contributed by atoms with van der Waals surface area (Å²) in [5, 5.41) is 10.3. The van der Waals surface area contributed by atoms with E-state index < -0.39 is 10.1 Å². The van der Waals surface area contributed by atoms with Crippen LogP contribution in [0.3, 0.4) is 0 Å². The lowest BCUT2D eigenvalue weighted by atomic mass is 9.67. The highest BCUT2D eigenvalue weighted by atomic mass is 32.2. The predicted octanol–water partition coefficient (Wildman–Crippen LogP) is 4.12. The summed E-state index contributed by atoms with van der Waals surface area (Å²) in [5.74, 6) is 1.12. The molecule has 0 spiro atoms. The fourth-order valence-electron chi connectivity index (χ4n) is 3.93. The second-order valence-electron chi connectivity index (χ2n) is 7.05. The van der Waals surface area contributed by atoms with Crippen molar-refractivity contribution < 1.29 is 18.1 Å². The van der Waals surface area contributed by atoms with Crippen LogP contribution in [-0.2, 0) is 10.1 Å². The molecule has 4 nitrogen and oxygen atoms in total. The van der Waals surface area contributed by atoms with Crippen LogP contribution >= 0.6 is 0 Å². The molecule has 1 fully saturated rings. The van der Waals surface area contributed by atoms with Crippen molar-refractivity contribution in [1.29, 1.82) is 0 Å². The van der Waals surface area contributed by atoms with Crippen LogP contribution in [0.5, 0.6) is 5.75 Å². The Hall–Kier alpha value is -1.07. The predicted molar refractivity (Wildman–Crippen MR) is 86.7 cm³/mol. The average molecular weight is 326 g/mol. The smallest absolute Gasteiger partial charge is 0.295 e. The molecule has 1 aromatic carbocycles. The van der Waals surface area contributed by atoms with Gasteiger partial charge in [0.05, 0.1) is 0 Å². The zero-order valence-electron chi connectivity index (χ0n) is 13.7. The lowest BCUT2D eigenvalue weighted by Gasteiger charge is -2.38. The summed E-state index contributed by atoms with van der Waals surface area (Å²) in [6, 6.07) is 3.08. The third-order valence-corrected chi connectivity index (χ3v) is 6.08. The van der Waals surface area contributed by atoms with Crippen LogP contribution in [0.15, 0.2) is 17.0 Å². The van der Waals surface area contributed by atoms with Crippen LogP contribution in [0.25, 0.3) is 0 Å². The molecule has 1 aliphatic carbocycles. The van der Waals surface area contributed by atoms with E-state index in [0.29, 0.717) is 28.9 Å². The fourth-order valence-corrected chi connectivity index (χ4v) is 4.94. The van der Waals surface area contributed by atoms with Crippen LogP contribution in [0.2, 0.25) is 0 Å². The van der Waals surface area contributed by atoms with E-state index in [1.807, 2.05) is 0 Å². The van der Waals surface area contributed by atoms with E-state index in [4.69, 9.17) is 0 Å². The molecule has 0 bridgehead atoms. The van der Waals surface area contributed by atoms with Crippen molar-refractivity contribution in [3.63, 3.8) is 0 Å². The second-order valence-corrected chi connectivity index (χ2v) is 8.41. The van der Waals surface area contributed by atoms with Gasteiger partial charge in [0.1, 0.15) is 10.6 Å². The maximum atomic E-state index is 11.9. The zero-order valence-corrected chi connectivity index (χ0v) is 14.5. The van der Waals surface area contributed by atoms with Crippen molar-refractivity contribution >= 4 is 10.1 Å². The van der Waals surface area contributed by atoms with Gasteiger partial charge in [0.2, 0.25) is 0 Å². The van der Waals surface area contributed by atoms with E-state index in [1.54, 1.807) is 13.0 Å². The molecule has 22 heavy (non-hydrogen) atoms. The maximum Gasteiger partial charge on any atom is 0.295 e. The standard InChI is InChI=1S/C17H26O4S/c1-10(2)13-7-5-11(3)9-14(13)16-15(18)8-6-12(4)17(16)22(19,20)21/h6,8,10-11,13-14,18H,5,7,9H2,1-4H3,(H,19,20,21). The van der Waals surface area contributed by atoms with Gasteiger partial charge in [0, 0.05) is 5.56 Å². The van der Waals surface area contributed by atoms with Crippen molar-refractivity contribution in [1.82, 2.24) is 0 Å². The Morgan fingerprint density at radius 1 is 1.23 bits per heavy atom. The minimum absolute atomic E-state index is 0.0250. The van der Waals surface area contributed by atoms with Crippen molar-refractivity contribution in [3.8, 4) is 5.75 Å². The molecule has 1 aliphatic rings. The molecule has 0 aromatic heterocycles. The van der Waals surface area contributed by atoms with Gasteiger partial charge in [-0.05, 0) is 55.1 Å². The summed E-state index contributed by atoms with van der Waals surface area (Å²) < 4.78 is 33.4. The average Bonchev–Trinajstić information content (AvgIpc) is 2.39. The van der Waals surface area contributed by atoms with Gasteiger partial charge in [-0.25, -0.2) is 0 Å². The van der Waals surface area contributed by atoms with Gasteiger partial charge in [-0.3, -0.25) is 4.55 Å². The number of aromatic hydroxyl groups is 1. The van der Waals surface area contributed by atoms with Gasteiger partial charge < -0.3 is 5.11 Å². The highest BCUT2D eigenvalue weighted by Gasteiger charge is 2.37. The normalized spacial score (nSPS) is 26.4. The van der Waals surface area contributed by atoms with Gasteiger partial charge >= 0.3 is 0 Å². The Morgan fingerprint density at radius 3 is 2.41 bits per heavy atom. The molecule has 2 rings (SSSR count). The molecule has 0 heterocycles. The molecule has 0 saturated heterocycles. The number of hydrogen-bond acceptors (Lipinski definition) is 3. The molecule has 3 unspecified atom stereocenters. The van der Waals surface area contributed by atoms with Gasteiger partial charge in [0.15, 0.2) is 0 Å². The number of phenols is 1. The lowest BCUT2D eigenvalue weighted by Crippen LogP contribution is -2.27. The minimum atomic E-state index is -4.36. The third kappa shape index (κ3) is 3.30. The Bertz CT molecular complexity index is 649. The monoisotopic (exact) mass is 326 g/mol. The van der Waals surface area contributed by atoms with Crippen LogP contribution in [0, 0.1) is 24.7 Å². The molecule has 124 valence electrons.